The summed E-state index contributed by atoms with van der Waals surface area (Å²) in [6, 6.07) is -0.623. The SMILES string of the molecule is CCCCCCCCC/C=C\CCCCCCCC(=O)OCCCCCCCCCCCCCCCCCCCCCCCCCCCCCCCCCC(=O)NC(CO)C(O)/C=C/CCCCCCCCCCCC. The lowest BCUT2D eigenvalue weighted by Crippen LogP contribution is -2.45. The van der Waals surface area contributed by atoms with Crippen LogP contribution >= 0.6 is 0 Å². The third-order valence-electron chi connectivity index (χ3n) is 16.2. The third-order valence-corrected chi connectivity index (χ3v) is 16.2. The van der Waals surface area contributed by atoms with E-state index >= 15 is 0 Å². The molecule has 0 saturated carbocycles. The van der Waals surface area contributed by atoms with E-state index in [9.17, 15) is 19.8 Å². The molecular formula is C70H135NO5. The van der Waals surface area contributed by atoms with Gasteiger partial charge in [0, 0.05) is 12.8 Å². The Labute approximate surface area is 475 Å². The maximum atomic E-state index is 12.5. The minimum Gasteiger partial charge on any atom is -0.466 e. The summed E-state index contributed by atoms with van der Waals surface area (Å²) < 4.78 is 5.50. The molecule has 0 fully saturated rings. The largest absolute Gasteiger partial charge is 0.466 e. The van der Waals surface area contributed by atoms with Gasteiger partial charge in [-0.3, -0.25) is 9.59 Å². The highest BCUT2D eigenvalue weighted by Crippen LogP contribution is 2.19. The molecule has 1 amide bonds. The Morgan fingerprint density at radius 1 is 0.355 bits per heavy atom. The number of hydrogen-bond donors (Lipinski definition) is 3. The summed E-state index contributed by atoms with van der Waals surface area (Å²) in [5.74, 6) is -0.0494. The van der Waals surface area contributed by atoms with Crippen LogP contribution in [0.1, 0.15) is 386 Å². The quantitative estimate of drug-likeness (QED) is 0.0320. The van der Waals surface area contributed by atoms with Crippen LogP contribution in [0.4, 0.5) is 0 Å². The van der Waals surface area contributed by atoms with Crippen molar-refractivity contribution in [2.24, 2.45) is 0 Å². The molecule has 3 N–H and O–H groups in total. The van der Waals surface area contributed by atoms with Gasteiger partial charge in [0.25, 0.3) is 0 Å². The summed E-state index contributed by atoms with van der Waals surface area (Å²) in [6.45, 7) is 4.92. The molecule has 0 aromatic rings. The van der Waals surface area contributed by atoms with Crippen LogP contribution in [0.15, 0.2) is 24.3 Å². The first-order valence-electron chi connectivity index (χ1n) is 34.6. The molecular weight excluding hydrogens is 935 g/mol. The van der Waals surface area contributed by atoms with Crippen LogP contribution in [-0.2, 0) is 14.3 Å². The highest BCUT2D eigenvalue weighted by Gasteiger charge is 2.18. The van der Waals surface area contributed by atoms with Crippen molar-refractivity contribution in [1.82, 2.24) is 5.32 Å². The van der Waals surface area contributed by atoms with Gasteiger partial charge in [0.2, 0.25) is 5.91 Å². The molecule has 2 unspecified atom stereocenters. The van der Waals surface area contributed by atoms with E-state index in [1.165, 1.54) is 315 Å². The van der Waals surface area contributed by atoms with Crippen molar-refractivity contribution in [2.45, 2.75) is 398 Å². The highest BCUT2D eigenvalue weighted by atomic mass is 16.5. The Balaban J connectivity index is 3.32. The zero-order valence-electron chi connectivity index (χ0n) is 51.5. The number of carbonyl (C=O) groups excluding carboxylic acids is 2. The first kappa shape index (κ1) is 74.3. The summed E-state index contributed by atoms with van der Waals surface area (Å²) >= 11 is 0. The lowest BCUT2D eigenvalue weighted by Gasteiger charge is -2.20. The first-order chi connectivity index (χ1) is 37.5. The number of rotatable bonds is 65. The van der Waals surface area contributed by atoms with Crippen LogP contribution < -0.4 is 5.32 Å². The van der Waals surface area contributed by atoms with E-state index in [2.05, 4.69) is 31.3 Å². The van der Waals surface area contributed by atoms with E-state index in [0.717, 1.165) is 44.9 Å². The second kappa shape index (κ2) is 65.9. The molecule has 6 heteroatoms. The van der Waals surface area contributed by atoms with Gasteiger partial charge in [-0.15, -0.1) is 0 Å². The monoisotopic (exact) mass is 1070 g/mol. The van der Waals surface area contributed by atoms with Gasteiger partial charge in [-0.05, 0) is 57.8 Å². The molecule has 0 spiro atoms. The predicted molar refractivity (Wildman–Crippen MR) is 333 cm³/mol. The van der Waals surface area contributed by atoms with Crippen LogP contribution in [0.3, 0.4) is 0 Å². The molecule has 0 aliphatic carbocycles. The average molecular weight is 1070 g/mol. The summed E-state index contributed by atoms with van der Waals surface area (Å²) in [5.41, 5.74) is 0. The fourth-order valence-electron chi connectivity index (χ4n) is 10.9. The highest BCUT2D eigenvalue weighted by molar-refractivity contribution is 5.76. The average Bonchev–Trinajstić information content (AvgIpc) is 3.42. The van der Waals surface area contributed by atoms with Crippen molar-refractivity contribution in [2.75, 3.05) is 13.2 Å². The summed E-state index contributed by atoms with van der Waals surface area (Å²) in [4.78, 5) is 24.5. The van der Waals surface area contributed by atoms with Crippen LogP contribution in [-0.4, -0.2) is 47.4 Å². The van der Waals surface area contributed by atoms with Gasteiger partial charge < -0.3 is 20.3 Å². The van der Waals surface area contributed by atoms with Gasteiger partial charge in [-0.25, -0.2) is 0 Å². The first-order valence-corrected chi connectivity index (χ1v) is 34.6. The van der Waals surface area contributed by atoms with Crippen molar-refractivity contribution in [3.63, 3.8) is 0 Å². The number of aliphatic hydroxyl groups is 2. The number of nitrogens with one attached hydrogen (secondary N) is 1. The molecule has 0 aliphatic heterocycles. The van der Waals surface area contributed by atoms with E-state index in [1.807, 2.05) is 6.08 Å². The minimum absolute atomic E-state index is 0.0135. The summed E-state index contributed by atoms with van der Waals surface area (Å²) in [7, 11) is 0. The van der Waals surface area contributed by atoms with E-state index < -0.39 is 12.1 Å². The van der Waals surface area contributed by atoms with Crippen LogP contribution in [0.5, 0.6) is 0 Å². The molecule has 2 atom stereocenters. The maximum Gasteiger partial charge on any atom is 0.305 e. The van der Waals surface area contributed by atoms with Crippen LogP contribution in [0.2, 0.25) is 0 Å². The number of amides is 1. The number of esters is 1. The van der Waals surface area contributed by atoms with Crippen LogP contribution in [0.25, 0.3) is 0 Å². The summed E-state index contributed by atoms with van der Waals surface area (Å²) in [5, 5.41) is 23.1. The van der Waals surface area contributed by atoms with Crippen molar-refractivity contribution >= 4 is 11.9 Å². The molecule has 0 aromatic carbocycles. The van der Waals surface area contributed by atoms with Crippen molar-refractivity contribution in [3.8, 4) is 0 Å². The standard InChI is InChI=1S/C70H135NO5/c1-3-5-7-9-11-13-15-17-18-37-40-44-48-52-56-60-64-70(75)76-65-61-57-53-49-45-41-38-35-33-31-29-27-25-23-21-19-20-22-24-26-28-30-32-34-36-39-43-47-51-55-59-63-69(74)71-67(66-72)68(73)62-58-54-50-46-42-16-14-12-10-8-6-4-2/h18,37,58,62,67-68,72-73H,3-17,19-36,38-57,59-61,63-66H2,1-2H3,(H,71,74)/b37-18-,62-58+. The van der Waals surface area contributed by atoms with Gasteiger partial charge in [0.15, 0.2) is 0 Å². The molecule has 76 heavy (non-hydrogen) atoms. The van der Waals surface area contributed by atoms with Gasteiger partial charge in [0.1, 0.15) is 0 Å². The lowest BCUT2D eigenvalue weighted by atomic mass is 10.0. The number of allylic oxidation sites excluding steroid dienone is 3. The fourth-order valence-corrected chi connectivity index (χ4v) is 10.9. The molecule has 0 heterocycles. The molecule has 0 rings (SSSR count). The molecule has 0 aliphatic rings. The molecule has 0 aromatic heterocycles. The van der Waals surface area contributed by atoms with E-state index in [0.29, 0.717) is 19.4 Å². The van der Waals surface area contributed by atoms with Crippen LogP contribution in [0, 0.1) is 0 Å². The molecule has 0 bridgehead atoms. The normalized spacial score (nSPS) is 12.6. The number of carbonyl (C=O) groups is 2. The van der Waals surface area contributed by atoms with Gasteiger partial charge in [-0.1, -0.05) is 340 Å². The van der Waals surface area contributed by atoms with Gasteiger partial charge in [-0.2, -0.15) is 0 Å². The second-order valence-corrected chi connectivity index (χ2v) is 23.9. The molecule has 0 radical (unpaired) electrons. The van der Waals surface area contributed by atoms with E-state index in [1.54, 1.807) is 6.08 Å². The summed E-state index contributed by atoms with van der Waals surface area (Å²) in [6.07, 6.45) is 82.6. The number of ether oxygens (including phenoxy) is 1. The Kier molecular flexibility index (Phi) is 64.4. The van der Waals surface area contributed by atoms with Crippen molar-refractivity contribution in [3.05, 3.63) is 24.3 Å². The predicted octanol–water partition coefficient (Wildman–Crippen LogP) is 22.1. The number of unbranched alkanes of at least 4 members (excludes halogenated alkanes) is 52. The van der Waals surface area contributed by atoms with Crippen molar-refractivity contribution in [1.29, 1.82) is 0 Å². The van der Waals surface area contributed by atoms with E-state index in [-0.39, 0.29) is 18.5 Å². The van der Waals surface area contributed by atoms with Crippen molar-refractivity contribution < 1.29 is 24.5 Å². The molecule has 450 valence electrons. The maximum absolute atomic E-state index is 12.5. The van der Waals surface area contributed by atoms with E-state index in [4.69, 9.17) is 4.74 Å². The Bertz CT molecular complexity index is 1190. The van der Waals surface area contributed by atoms with Gasteiger partial charge >= 0.3 is 5.97 Å². The Morgan fingerprint density at radius 3 is 0.934 bits per heavy atom. The molecule has 6 nitrogen and oxygen atoms in total. The molecule has 0 saturated heterocycles. The second-order valence-electron chi connectivity index (χ2n) is 23.9. The zero-order chi connectivity index (χ0) is 55.0. The topological polar surface area (TPSA) is 95.9 Å². The Morgan fingerprint density at radius 2 is 0.618 bits per heavy atom. The lowest BCUT2D eigenvalue weighted by molar-refractivity contribution is -0.143. The Hall–Kier alpha value is -1.66. The number of aliphatic hydroxyl groups excluding tert-OH is 2. The fraction of sp³-hybridized carbons (Fsp3) is 0.914. The zero-order valence-corrected chi connectivity index (χ0v) is 51.5. The smallest absolute Gasteiger partial charge is 0.305 e. The minimum atomic E-state index is -0.840. The van der Waals surface area contributed by atoms with Gasteiger partial charge in [0.05, 0.1) is 25.4 Å². The number of hydrogen-bond acceptors (Lipinski definition) is 5. The third kappa shape index (κ3) is 61.6.